The van der Waals surface area contributed by atoms with Crippen LogP contribution in [0, 0.1) is 0 Å². The molecule has 0 aliphatic heterocycles. The van der Waals surface area contributed by atoms with Crippen LogP contribution in [0.1, 0.15) is 0 Å². The van der Waals surface area contributed by atoms with Gasteiger partial charge in [0.2, 0.25) is 0 Å². The summed E-state index contributed by atoms with van der Waals surface area (Å²) in [6, 6.07) is 121. The lowest BCUT2D eigenvalue weighted by atomic mass is 9.93. The molecule has 14 aromatic rings. The molecule has 0 aliphatic rings. The van der Waals surface area contributed by atoms with E-state index < -0.39 is 0 Å². The Kier molecular flexibility index (Phi) is 13.0. The zero-order valence-electron chi connectivity index (χ0n) is 44.6. The molecule has 81 heavy (non-hydrogen) atoms. The fourth-order valence-electron chi connectivity index (χ4n) is 12.0. The lowest BCUT2D eigenvalue weighted by Gasteiger charge is -2.34. The minimum Gasteiger partial charge on any atom is -0.309 e. The standard InChI is InChI=1S/C78H55N3/c1-9-29-56(30-10-1)67-45-25-46-68(57-31-11-2-12-32-57)75(67)79(62-41-21-7-22-42-62)64-53-65(80(63-43-23-8-24-44-63)76-69(58-33-13-3-14-34-58)47-26-48-70(76)59-35-15-4-16-36-59)55-66(54-64)81-77-71(60-37-17-5-18-38-60)49-27-51-73(77)74-52-28-50-72(78(74)81)61-39-19-6-20-40-61/h1-55H. The maximum Gasteiger partial charge on any atom is 0.0619 e. The van der Waals surface area contributed by atoms with Gasteiger partial charge in [-0.05, 0) is 75.8 Å². The normalized spacial score (nSPS) is 11.2. The van der Waals surface area contributed by atoms with Gasteiger partial charge in [0.05, 0.1) is 39.5 Å². The van der Waals surface area contributed by atoms with Gasteiger partial charge in [-0.1, -0.05) is 291 Å². The van der Waals surface area contributed by atoms with Gasteiger partial charge in [0.25, 0.3) is 0 Å². The van der Waals surface area contributed by atoms with Crippen LogP contribution in [0.15, 0.2) is 334 Å². The number of aromatic nitrogens is 1. The smallest absolute Gasteiger partial charge is 0.0619 e. The number of fused-ring (bicyclic) bond motifs is 3. The summed E-state index contributed by atoms with van der Waals surface area (Å²) in [6.07, 6.45) is 0. The number of anilines is 6. The Labute approximate surface area is 473 Å². The highest BCUT2D eigenvalue weighted by atomic mass is 15.2. The van der Waals surface area contributed by atoms with Crippen molar-refractivity contribution in [3.05, 3.63) is 334 Å². The maximum absolute atomic E-state index is 2.57. The van der Waals surface area contributed by atoms with Gasteiger partial charge < -0.3 is 14.4 Å². The molecule has 0 amide bonds. The summed E-state index contributed by atoms with van der Waals surface area (Å²) in [5, 5.41) is 2.36. The molecule has 1 aromatic heterocycles. The number of hydrogen-bond donors (Lipinski definition) is 0. The lowest BCUT2D eigenvalue weighted by molar-refractivity contribution is 1.16. The highest BCUT2D eigenvalue weighted by Crippen LogP contribution is 2.52. The van der Waals surface area contributed by atoms with E-state index in [-0.39, 0.29) is 0 Å². The third kappa shape index (κ3) is 9.13. The second kappa shape index (κ2) is 21.6. The molecule has 3 nitrogen and oxygen atoms in total. The average molecular weight is 1030 g/mol. The monoisotopic (exact) mass is 1030 g/mol. The Bertz CT molecular complexity index is 4070. The van der Waals surface area contributed by atoms with Crippen LogP contribution in [-0.2, 0) is 0 Å². The molecule has 13 aromatic carbocycles. The first-order chi connectivity index (χ1) is 40.2. The number of benzene rings is 13. The van der Waals surface area contributed by atoms with Gasteiger partial charge in [-0.15, -0.1) is 0 Å². The third-order valence-electron chi connectivity index (χ3n) is 15.5. The van der Waals surface area contributed by atoms with Gasteiger partial charge in [-0.25, -0.2) is 0 Å². The van der Waals surface area contributed by atoms with Gasteiger partial charge in [0, 0.05) is 55.5 Å². The minimum atomic E-state index is 0.984. The molecule has 0 atom stereocenters. The molecule has 14 rings (SSSR count). The summed E-state index contributed by atoms with van der Waals surface area (Å²) in [4.78, 5) is 5.01. The van der Waals surface area contributed by atoms with E-state index in [0.717, 1.165) is 118 Å². The van der Waals surface area contributed by atoms with Gasteiger partial charge >= 0.3 is 0 Å². The second-order valence-electron chi connectivity index (χ2n) is 20.4. The number of rotatable bonds is 13. The van der Waals surface area contributed by atoms with E-state index in [1.54, 1.807) is 0 Å². The Morgan fingerprint density at radius 2 is 0.444 bits per heavy atom. The molecule has 1 heterocycles. The molecule has 0 bridgehead atoms. The van der Waals surface area contributed by atoms with Crippen LogP contribution in [0.5, 0.6) is 0 Å². The van der Waals surface area contributed by atoms with Gasteiger partial charge in [0.1, 0.15) is 0 Å². The van der Waals surface area contributed by atoms with Gasteiger partial charge in [-0.2, -0.15) is 0 Å². The highest BCUT2D eigenvalue weighted by molar-refractivity contribution is 6.17. The number of nitrogens with zero attached hydrogens (tertiary/aromatic N) is 3. The van der Waals surface area contributed by atoms with Crippen molar-refractivity contribution in [2.45, 2.75) is 0 Å². The third-order valence-corrected chi connectivity index (χ3v) is 15.5. The fourth-order valence-corrected chi connectivity index (χ4v) is 12.0. The van der Waals surface area contributed by atoms with Crippen LogP contribution in [0.3, 0.4) is 0 Å². The molecule has 0 saturated heterocycles. The molecule has 3 heteroatoms. The quantitative estimate of drug-likeness (QED) is 0.114. The molecule has 0 spiro atoms. The fraction of sp³-hybridized carbons (Fsp3) is 0. The summed E-state index contributed by atoms with van der Waals surface area (Å²) in [5.74, 6) is 0. The van der Waals surface area contributed by atoms with Crippen LogP contribution in [0.25, 0.3) is 94.3 Å². The predicted octanol–water partition coefficient (Wildman–Crippen LogP) is 21.7. The second-order valence-corrected chi connectivity index (χ2v) is 20.4. The molecule has 0 aliphatic carbocycles. The minimum absolute atomic E-state index is 0.984. The largest absolute Gasteiger partial charge is 0.309 e. The van der Waals surface area contributed by atoms with E-state index in [1.165, 1.54) is 10.8 Å². The molecule has 0 radical (unpaired) electrons. The Morgan fingerprint density at radius 3 is 0.741 bits per heavy atom. The average Bonchev–Trinajstić information content (AvgIpc) is 4.09. The van der Waals surface area contributed by atoms with E-state index in [0.29, 0.717) is 0 Å². The number of hydrogen-bond acceptors (Lipinski definition) is 2. The van der Waals surface area contributed by atoms with Crippen molar-refractivity contribution in [1.82, 2.24) is 4.57 Å². The van der Waals surface area contributed by atoms with Crippen molar-refractivity contribution >= 4 is 55.9 Å². The van der Waals surface area contributed by atoms with E-state index in [9.17, 15) is 0 Å². The maximum atomic E-state index is 2.57. The van der Waals surface area contributed by atoms with Crippen molar-refractivity contribution < 1.29 is 0 Å². The van der Waals surface area contributed by atoms with Crippen molar-refractivity contribution in [2.24, 2.45) is 0 Å². The van der Waals surface area contributed by atoms with Crippen molar-refractivity contribution in [2.75, 3.05) is 9.80 Å². The van der Waals surface area contributed by atoms with Crippen molar-refractivity contribution in [1.29, 1.82) is 0 Å². The molecule has 0 fully saturated rings. The number of para-hydroxylation sites is 6. The van der Waals surface area contributed by atoms with E-state index in [2.05, 4.69) is 348 Å². The zero-order valence-corrected chi connectivity index (χ0v) is 44.6. The Hall–Kier alpha value is -10.7. The van der Waals surface area contributed by atoms with Gasteiger partial charge in [-0.3, -0.25) is 0 Å². The SMILES string of the molecule is c1ccc(-c2cccc(-c3ccccc3)c2N(c2ccccc2)c2cc(N(c3ccccc3)c3c(-c4ccccc4)cccc3-c3ccccc3)cc(-n3c4c(-c5ccccc5)cccc4c4cccc(-c5ccccc5)c43)c2)cc1. The molecular weight excluding hydrogens is 979 g/mol. The van der Waals surface area contributed by atoms with E-state index >= 15 is 0 Å². The van der Waals surface area contributed by atoms with Crippen LogP contribution < -0.4 is 9.80 Å². The summed E-state index contributed by atoms with van der Waals surface area (Å²) >= 11 is 0. The molecule has 382 valence electrons. The van der Waals surface area contributed by atoms with E-state index in [1.807, 2.05) is 0 Å². The van der Waals surface area contributed by atoms with E-state index in [4.69, 9.17) is 0 Å². The first-order valence-corrected chi connectivity index (χ1v) is 27.8. The Balaban J connectivity index is 1.18. The highest BCUT2D eigenvalue weighted by Gasteiger charge is 2.29. The van der Waals surface area contributed by atoms with Crippen LogP contribution in [0.4, 0.5) is 34.1 Å². The zero-order chi connectivity index (χ0) is 53.9. The summed E-state index contributed by atoms with van der Waals surface area (Å²) < 4.78 is 2.57. The molecule has 0 saturated carbocycles. The summed E-state index contributed by atoms with van der Waals surface area (Å²) in [6.45, 7) is 0. The topological polar surface area (TPSA) is 11.4 Å². The van der Waals surface area contributed by atoms with Crippen LogP contribution in [0.2, 0.25) is 0 Å². The van der Waals surface area contributed by atoms with Crippen LogP contribution >= 0.6 is 0 Å². The molecular formula is C78H55N3. The first-order valence-electron chi connectivity index (χ1n) is 27.8. The van der Waals surface area contributed by atoms with Crippen molar-refractivity contribution in [3.63, 3.8) is 0 Å². The van der Waals surface area contributed by atoms with Gasteiger partial charge in [0.15, 0.2) is 0 Å². The molecule has 0 unspecified atom stereocenters. The van der Waals surface area contributed by atoms with Crippen molar-refractivity contribution in [3.8, 4) is 72.4 Å². The Morgan fingerprint density at radius 1 is 0.198 bits per heavy atom. The van der Waals surface area contributed by atoms with Crippen LogP contribution in [-0.4, -0.2) is 4.57 Å². The summed E-state index contributed by atoms with van der Waals surface area (Å²) in [7, 11) is 0. The lowest BCUT2D eigenvalue weighted by Crippen LogP contribution is -2.16. The summed E-state index contributed by atoms with van der Waals surface area (Å²) in [5.41, 5.74) is 23.0. The first kappa shape index (κ1) is 48.6. The molecule has 0 N–H and O–H groups in total. The predicted molar refractivity (Wildman–Crippen MR) is 343 cm³/mol.